The van der Waals surface area contributed by atoms with Gasteiger partial charge in [0.1, 0.15) is 5.75 Å². The van der Waals surface area contributed by atoms with Gasteiger partial charge >= 0.3 is 0 Å². The molecule has 0 aliphatic rings. The van der Waals surface area contributed by atoms with Crippen LogP contribution in [0.2, 0.25) is 0 Å². The number of ether oxygens (including phenoxy) is 3. The molecule has 0 saturated carbocycles. The lowest BCUT2D eigenvalue weighted by Gasteiger charge is -2.14. The van der Waals surface area contributed by atoms with Crippen molar-refractivity contribution in [3.05, 3.63) is 48.7 Å². The molecular formula is C21H19N3O4. The smallest absolute Gasteiger partial charge is 0.203 e. The fourth-order valence-corrected chi connectivity index (χ4v) is 3.31. The summed E-state index contributed by atoms with van der Waals surface area (Å²) < 4.78 is 16.3. The van der Waals surface area contributed by atoms with Crippen LogP contribution in [0.3, 0.4) is 0 Å². The molecule has 142 valence electrons. The lowest BCUT2D eigenvalue weighted by atomic mass is 9.98. The molecule has 0 saturated heterocycles. The molecule has 0 unspecified atom stereocenters. The highest BCUT2D eigenvalue weighted by Gasteiger charge is 2.20. The Labute approximate surface area is 161 Å². The fraction of sp³-hybridized carbons (Fsp3) is 0.143. The Morgan fingerprint density at radius 2 is 1.61 bits per heavy atom. The summed E-state index contributed by atoms with van der Waals surface area (Å²) >= 11 is 0. The number of methoxy groups -OCH3 is 3. The number of hydrogen-bond donors (Lipinski definition) is 2. The number of nitrogens with zero attached hydrogens (tertiary/aromatic N) is 2. The summed E-state index contributed by atoms with van der Waals surface area (Å²) in [5, 5.41) is 18.5. The number of aromatic amines is 1. The predicted octanol–water partition coefficient (Wildman–Crippen LogP) is 4.02. The average molecular weight is 377 g/mol. The summed E-state index contributed by atoms with van der Waals surface area (Å²) in [5.74, 6) is 1.77. The number of phenols is 1. The molecule has 28 heavy (non-hydrogen) atoms. The number of H-pyrrole nitrogens is 1. The third-order valence-corrected chi connectivity index (χ3v) is 4.60. The first-order chi connectivity index (χ1) is 13.7. The largest absolute Gasteiger partial charge is 0.507 e. The number of benzene rings is 2. The van der Waals surface area contributed by atoms with Crippen LogP contribution in [0.4, 0.5) is 0 Å². The molecule has 0 atom stereocenters. The van der Waals surface area contributed by atoms with Crippen molar-refractivity contribution in [1.29, 1.82) is 0 Å². The molecule has 7 nitrogen and oxygen atoms in total. The molecule has 4 aromatic rings. The molecule has 7 heteroatoms. The van der Waals surface area contributed by atoms with Gasteiger partial charge in [0.05, 0.1) is 32.4 Å². The zero-order valence-electron chi connectivity index (χ0n) is 15.7. The standard InChI is InChI=1S/C21H19N3O4/c1-26-16-10-12(11-17(27-2)20(16)28-3)19-18-14(8-9-22-21(18)24-23-19)13-6-4-5-7-15(13)25/h4-11,25H,1-3H3,(H,22,23,24). The number of para-hydroxylation sites is 1. The van der Waals surface area contributed by atoms with E-state index in [2.05, 4.69) is 15.2 Å². The molecule has 0 radical (unpaired) electrons. The van der Waals surface area contributed by atoms with Crippen LogP contribution in [0.1, 0.15) is 0 Å². The molecular weight excluding hydrogens is 358 g/mol. The maximum atomic E-state index is 10.3. The van der Waals surface area contributed by atoms with Crippen LogP contribution in [0.25, 0.3) is 33.4 Å². The molecule has 0 aliphatic heterocycles. The Morgan fingerprint density at radius 3 is 2.25 bits per heavy atom. The van der Waals surface area contributed by atoms with Crippen LogP contribution in [0.5, 0.6) is 23.0 Å². The molecule has 0 fully saturated rings. The van der Waals surface area contributed by atoms with Gasteiger partial charge in [0, 0.05) is 22.9 Å². The van der Waals surface area contributed by atoms with Crippen molar-refractivity contribution >= 4 is 11.0 Å². The minimum absolute atomic E-state index is 0.187. The van der Waals surface area contributed by atoms with Crippen molar-refractivity contribution in [3.63, 3.8) is 0 Å². The third kappa shape index (κ3) is 2.77. The zero-order chi connectivity index (χ0) is 19.7. The first kappa shape index (κ1) is 17.7. The summed E-state index contributed by atoms with van der Waals surface area (Å²) in [6, 6.07) is 12.7. The average Bonchev–Trinajstić information content (AvgIpc) is 3.17. The lowest BCUT2D eigenvalue weighted by molar-refractivity contribution is 0.324. The van der Waals surface area contributed by atoms with Gasteiger partial charge in [0.15, 0.2) is 17.1 Å². The van der Waals surface area contributed by atoms with E-state index in [0.29, 0.717) is 28.5 Å². The fourth-order valence-electron chi connectivity index (χ4n) is 3.31. The molecule has 2 N–H and O–H groups in total. The summed E-state index contributed by atoms with van der Waals surface area (Å²) in [4.78, 5) is 4.35. The van der Waals surface area contributed by atoms with Gasteiger partial charge in [-0.1, -0.05) is 18.2 Å². The van der Waals surface area contributed by atoms with Gasteiger partial charge in [0.25, 0.3) is 0 Å². The number of phenolic OH excluding ortho intramolecular Hbond substituents is 1. The van der Waals surface area contributed by atoms with Crippen LogP contribution in [-0.2, 0) is 0 Å². The number of rotatable bonds is 5. The highest BCUT2D eigenvalue weighted by Crippen LogP contribution is 2.43. The van der Waals surface area contributed by atoms with Crippen LogP contribution in [0, 0.1) is 0 Å². The van der Waals surface area contributed by atoms with Gasteiger partial charge in [-0.2, -0.15) is 5.10 Å². The molecule has 0 amide bonds. The summed E-state index contributed by atoms with van der Waals surface area (Å²) in [5.41, 5.74) is 3.59. The van der Waals surface area contributed by atoms with Crippen molar-refractivity contribution in [2.75, 3.05) is 21.3 Å². The first-order valence-corrected chi connectivity index (χ1v) is 8.59. The maximum absolute atomic E-state index is 10.3. The Kier molecular flexibility index (Phi) is 4.49. The third-order valence-electron chi connectivity index (χ3n) is 4.60. The molecule has 2 aromatic carbocycles. The van der Waals surface area contributed by atoms with E-state index in [1.165, 1.54) is 0 Å². The van der Waals surface area contributed by atoms with Crippen molar-refractivity contribution in [2.24, 2.45) is 0 Å². The molecule has 4 rings (SSSR count). The minimum atomic E-state index is 0.187. The second-order valence-electron chi connectivity index (χ2n) is 6.09. The topological polar surface area (TPSA) is 89.5 Å². The predicted molar refractivity (Wildman–Crippen MR) is 106 cm³/mol. The van der Waals surface area contributed by atoms with Gasteiger partial charge < -0.3 is 19.3 Å². The second kappa shape index (κ2) is 7.11. The molecule has 2 aromatic heterocycles. The van der Waals surface area contributed by atoms with E-state index in [1.54, 1.807) is 39.7 Å². The van der Waals surface area contributed by atoms with E-state index in [9.17, 15) is 5.11 Å². The van der Waals surface area contributed by atoms with E-state index in [-0.39, 0.29) is 5.75 Å². The molecule has 2 heterocycles. The summed E-state index contributed by atoms with van der Waals surface area (Å²) in [7, 11) is 4.70. The van der Waals surface area contributed by atoms with Crippen molar-refractivity contribution < 1.29 is 19.3 Å². The van der Waals surface area contributed by atoms with Gasteiger partial charge in [-0.05, 0) is 24.3 Å². The quantitative estimate of drug-likeness (QED) is 0.546. The normalized spacial score (nSPS) is 10.8. The number of fused-ring (bicyclic) bond motifs is 1. The van der Waals surface area contributed by atoms with E-state index in [0.717, 1.165) is 22.2 Å². The lowest BCUT2D eigenvalue weighted by Crippen LogP contribution is -1.96. The van der Waals surface area contributed by atoms with Crippen LogP contribution >= 0.6 is 0 Å². The number of pyridine rings is 1. The van der Waals surface area contributed by atoms with Gasteiger partial charge in [-0.3, -0.25) is 5.10 Å². The highest BCUT2D eigenvalue weighted by molar-refractivity contribution is 6.03. The molecule has 0 spiro atoms. The highest BCUT2D eigenvalue weighted by atomic mass is 16.5. The number of aromatic nitrogens is 3. The van der Waals surface area contributed by atoms with E-state index < -0.39 is 0 Å². The Balaban J connectivity index is 2.00. The Bertz CT molecular complexity index is 1130. The zero-order valence-corrected chi connectivity index (χ0v) is 15.7. The first-order valence-electron chi connectivity index (χ1n) is 8.59. The van der Waals surface area contributed by atoms with Gasteiger partial charge in [0.2, 0.25) is 5.75 Å². The van der Waals surface area contributed by atoms with E-state index >= 15 is 0 Å². The van der Waals surface area contributed by atoms with Crippen molar-refractivity contribution in [2.45, 2.75) is 0 Å². The second-order valence-corrected chi connectivity index (χ2v) is 6.09. The number of aromatic hydroxyl groups is 1. The monoisotopic (exact) mass is 377 g/mol. The Morgan fingerprint density at radius 1 is 0.893 bits per heavy atom. The summed E-state index contributed by atoms with van der Waals surface area (Å²) in [6.07, 6.45) is 1.67. The Hall–Kier alpha value is -3.74. The van der Waals surface area contributed by atoms with Crippen LogP contribution in [0.15, 0.2) is 48.7 Å². The van der Waals surface area contributed by atoms with Crippen LogP contribution in [-0.4, -0.2) is 41.6 Å². The number of hydrogen-bond acceptors (Lipinski definition) is 6. The van der Waals surface area contributed by atoms with Crippen molar-refractivity contribution in [3.8, 4) is 45.4 Å². The van der Waals surface area contributed by atoms with E-state index in [4.69, 9.17) is 14.2 Å². The maximum Gasteiger partial charge on any atom is 0.203 e. The SMILES string of the molecule is COc1cc(-c2[nH]nc3nccc(-c4ccccc4O)c23)cc(OC)c1OC. The van der Waals surface area contributed by atoms with Gasteiger partial charge in [-0.25, -0.2) is 4.98 Å². The van der Waals surface area contributed by atoms with Crippen LogP contribution < -0.4 is 14.2 Å². The van der Waals surface area contributed by atoms with Gasteiger partial charge in [-0.15, -0.1) is 0 Å². The van der Waals surface area contributed by atoms with Crippen molar-refractivity contribution in [1.82, 2.24) is 15.2 Å². The summed E-state index contributed by atoms with van der Waals surface area (Å²) in [6.45, 7) is 0. The number of nitrogens with one attached hydrogen (secondary N) is 1. The molecule has 0 aliphatic carbocycles. The molecule has 0 bridgehead atoms. The van der Waals surface area contributed by atoms with E-state index in [1.807, 2.05) is 30.3 Å². The minimum Gasteiger partial charge on any atom is -0.507 e.